The summed E-state index contributed by atoms with van der Waals surface area (Å²) >= 11 is 7.65. The number of amides is 1. The molecule has 1 aromatic carbocycles. The monoisotopic (exact) mass is 387 g/mol. The van der Waals surface area contributed by atoms with Crippen molar-refractivity contribution in [3.8, 4) is 11.4 Å². The van der Waals surface area contributed by atoms with Crippen molar-refractivity contribution in [2.45, 2.75) is 31.7 Å². The number of carbonyl (C=O) groups excluding carboxylic acids is 1. The van der Waals surface area contributed by atoms with Crippen LogP contribution in [-0.4, -0.2) is 27.5 Å². The fraction of sp³-hybridized carbons (Fsp3) is 0.316. The van der Waals surface area contributed by atoms with Crippen molar-refractivity contribution in [1.82, 2.24) is 15.0 Å². The fourth-order valence-electron chi connectivity index (χ4n) is 3.27. The molecule has 1 unspecified atom stereocenters. The molecule has 1 atom stereocenters. The average Bonchev–Trinajstić information content (AvgIpc) is 3.33. The van der Waals surface area contributed by atoms with E-state index in [0.29, 0.717) is 23.2 Å². The first kappa shape index (κ1) is 17.2. The highest BCUT2D eigenvalue weighted by atomic mass is 35.5. The van der Waals surface area contributed by atoms with Crippen LogP contribution in [0, 0.1) is 0 Å². The Bertz CT molecular complexity index is 894. The van der Waals surface area contributed by atoms with E-state index in [1.54, 1.807) is 23.5 Å². The number of piperidine rings is 1. The molecular weight excluding hydrogens is 370 g/mol. The molecule has 5 nitrogen and oxygen atoms in total. The Morgan fingerprint density at radius 1 is 1.31 bits per heavy atom. The van der Waals surface area contributed by atoms with Crippen molar-refractivity contribution in [2.75, 3.05) is 6.54 Å². The molecule has 0 saturated carbocycles. The maximum absolute atomic E-state index is 12.8. The predicted octanol–water partition coefficient (Wildman–Crippen LogP) is 4.75. The summed E-state index contributed by atoms with van der Waals surface area (Å²) in [5.74, 6) is 1.11. The van der Waals surface area contributed by atoms with Crippen LogP contribution >= 0.6 is 22.9 Å². The first-order valence-corrected chi connectivity index (χ1v) is 9.88. The quantitative estimate of drug-likeness (QED) is 0.648. The first-order chi connectivity index (χ1) is 12.7. The third-order valence-corrected chi connectivity index (χ3v) is 5.65. The summed E-state index contributed by atoms with van der Waals surface area (Å²) in [6, 6.07) is 11.2. The van der Waals surface area contributed by atoms with Crippen LogP contribution in [0.4, 0.5) is 0 Å². The maximum Gasteiger partial charge on any atom is 0.249 e. The van der Waals surface area contributed by atoms with Gasteiger partial charge >= 0.3 is 0 Å². The largest absolute Gasteiger partial charge is 0.337 e. The summed E-state index contributed by atoms with van der Waals surface area (Å²) in [5.41, 5.74) is 0.805. The number of rotatable bonds is 4. The number of carbonyl (C=O) groups is 1. The van der Waals surface area contributed by atoms with Crippen molar-refractivity contribution in [3.05, 3.63) is 57.6 Å². The van der Waals surface area contributed by atoms with Gasteiger partial charge in [-0.15, -0.1) is 11.3 Å². The summed E-state index contributed by atoms with van der Waals surface area (Å²) in [4.78, 5) is 20.3. The lowest BCUT2D eigenvalue weighted by Crippen LogP contribution is -2.39. The lowest BCUT2D eigenvalue weighted by atomic mass is 10.0. The Labute approximate surface area is 160 Å². The van der Waals surface area contributed by atoms with Gasteiger partial charge in [0.15, 0.2) is 0 Å². The zero-order chi connectivity index (χ0) is 17.9. The van der Waals surface area contributed by atoms with Crippen LogP contribution in [0.2, 0.25) is 5.02 Å². The molecule has 26 heavy (non-hydrogen) atoms. The standard InChI is InChI=1S/C19H18ClN3O2S/c20-14-6-3-5-13(11-14)18-21-19(25-22-18)16-8-1-2-9-23(16)17(24)12-15-7-4-10-26-15/h3-7,10-11,16H,1-2,8-9,12H2. The zero-order valence-electron chi connectivity index (χ0n) is 14.1. The number of halogens is 1. The first-order valence-electron chi connectivity index (χ1n) is 8.62. The second kappa shape index (κ2) is 7.60. The Hall–Kier alpha value is -2.18. The third-order valence-electron chi connectivity index (χ3n) is 4.54. The Morgan fingerprint density at radius 3 is 3.04 bits per heavy atom. The van der Waals surface area contributed by atoms with Gasteiger partial charge in [0.2, 0.25) is 17.6 Å². The minimum absolute atomic E-state index is 0.111. The van der Waals surface area contributed by atoms with Crippen LogP contribution in [-0.2, 0) is 11.2 Å². The summed E-state index contributed by atoms with van der Waals surface area (Å²) < 4.78 is 5.52. The molecule has 1 amide bonds. The molecule has 1 saturated heterocycles. The van der Waals surface area contributed by atoms with Crippen LogP contribution in [0.3, 0.4) is 0 Å². The molecule has 7 heteroatoms. The molecule has 0 spiro atoms. The van der Waals surface area contributed by atoms with Gasteiger partial charge < -0.3 is 9.42 Å². The van der Waals surface area contributed by atoms with Crippen LogP contribution < -0.4 is 0 Å². The topological polar surface area (TPSA) is 59.2 Å². The van der Waals surface area contributed by atoms with Gasteiger partial charge in [-0.25, -0.2) is 0 Å². The molecule has 0 N–H and O–H groups in total. The van der Waals surface area contributed by atoms with Gasteiger partial charge in [-0.2, -0.15) is 4.98 Å². The minimum atomic E-state index is -0.156. The molecule has 1 aliphatic rings. The van der Waals surface area contributed by atoms with E-state index in [2.05, 4.69) is 10.1 Å². The summed E-state index contributed by atoms with van der Waals surface area (Å²) in [5, 5.41) is 6.71. The van der Waals surface area contributed by atoms with Gasteiger partial charge in [-0.1, -0.05) is 35.0 Å². The molecule has 0 aliphatic carbocycles. The van der Waals surface area contributed by atoms with Crippen molar-refractivity contribution in [2.24, 2.45) is 0 Å². The molecule has 1 aliphatic heterocycles. The lowest BCUT2D eigenvalue weighted by Gasteiger charge is -2.33. The SMILES string of the molecule is O=C(Cc1cccs1)N1CCCCC1c1nc(-c2cccc(Cl)c2)no1. The van der Waals surface area contributed by atoms with E-state index >= 15 is 0 Å². The smallest absolute Gasteiger partial charge is 0.249 e. The van der Waals surface area contributed by atoms with Crippen molar-refractivity contribution in [1.29, 1.82) is 0 Å². The van der Waals surface area contributed by atoms with Crippen molar-refractivity contribution < 1.29 is 9.32 Å². The number of benzene rings is 1. The van der Waals surface area contributed by atoms with Crippen LogP contribution in [0.1, 0.15) is 36.1 Å². The molecule has 1 fully saturated rings. The van der Waals surface area contributed by atoms with Crippen molar-refractivity contribution >= 4 is 28.8 Å². The van der Waals surface area contributed by atoms with Gasteiger partial charge in [0.05, 0.1) is 6.42 Å². The number of nitrogens with zero attached hydrogens (tertiary/aromatic N) is 3. The second-order valence-corrected chi connectivity index (χ2v) is 7.79. The third kappa shape index (κ3) is 3.66. The molecule has 2 aromatic heterocycles. The van der Waals surface area contributed by atoms with Gasteiger partial charge in [-0.05, 0) is 42.8 Å². The number of thiophene rings is 1. The normalized spacial score (nSPS) is 17.4. The van der Waals surface area contributed by atoms with Gasteiger partial charge in [0.25, 0.3) is 0 Å². The van der Waals surface area contributed by atoms with Gasteiger partial charge in [0, 0.05) is 22.0 Å². The Balaban J connectivity index is 1.56. The van der Waals surface area contributed by atoms with Gasteiger partial charge in [0.1, 0.15) is 6.04 Å². The van der Waals surface area contributed by atoms with E-state index in [1.807, 2.05) is 34.5 Å². The molecule has 4 rings (SSSR count). The van der Waals surface area contributed by atoms with Crippen LogP contribution in [0.15, 0.2) is 46.3 Å². The zero-order valence-corrected chi connectivity index (χ0v) is 15.7. The number of hydrogen-bond donors (Lipinski definition) is 0. The minimum Gasteiger partial charge on any atom is -0.337 e. The highest BCUT2D eigenvalue weighted by Gasteiger charge is 2.32. The van der Waals surface area contributed by atoms with E-state index in [0.717, 1.165) is 36.2 Å². The Kier molecular flexibility index (Phi) is 5.04. The number of aromatic nitrogens is 2. The molecule has 3 aromatic rings. The number of likely N-dealkylation sites (tertiary alicyclic amines) is 1. The van der Waals surface area contributed by atoms with E-state index in [4.69, 9.17) is 16.1 Å². The fourth-order valence-corrected chi connectivity index (χ4v) is 4.15. The molecular formula is C19H18ClN3O2S. The van der Waals surface area contributed by atoms with Crippen LogP contribution in [0.25, 0.3) is 11.4 Å². The van der Waals surface area contributed by atoms with E-state index < -0.39 is 0 Å². The van der Waals surface area contributed by atoms with Crippen LogP contribution in [0.5, 0.6) is 0 Å². The summed E-state index contributed by atoms with van der Waals surface area (Å²) in [6.45, 7) is 0.726. The Morgan fingerprint density at radius 2 is 2.23 bits per heavy atom. The predicted molar refractivity (Wildman–Crippen MR) is 101 cm³/mol. The van der Waals surface area contributed by atoms with Gasteiger partial charge in [-0.3, -0.25) is 4.79 Å². The van der Waals surface area contributed by atoms with Crippen molar-refractivity contribution in [3.63, 3.8) is 0 Å². The van der Waals surface area contributed by atoms with E-state index in [-0.39, 0.29) is 11.9 Å². The summed E-state index contributed by atoms with van der Waals surface area (Å²) in [7, 11) is 0. The molecule has 0 radical (unpaired) electrons. The summed E-state index contributed by atoms with van der Waals surface area (Å²) in [6.07, 6.45) is 3.31. The average molecular weight is 388 g/mol. The maximum atomic E-state index is 12.8. The number of hydrogen-bond acceptors (Lipinski definition) is 5. The van der Waals surface area contributed by atoms with E-state index in [9.17, 15) is 4.79 Å². The highest BCUT2D eigenvalue weighted by molar-refractivity contribution is 7.10. The molecule has 3 heterocycles. The highest BCUT2D eigenvalue weighted by Crippen LogP contribution is 2.32. The lowest BCUT2D eigenvalue weighted by molar-refractivity contribution is -0.134. The molecule has 134 valence electrons. The second-order valence-electron chi connectivity index (χ2n) is 6.32. The van der Waals surface area contributed by atoms with E-state index in [1.165, 1.54) is 0 Å². The molecule has 0 bridgehead atoms.